The third-order valence-corrected chi connectivity index (χ3v) is 1.94. The van der Waals surface area contributed by atoms with Gasteiger partial charge in [0.15, 0.2) is 11.5 Å². The predicted molar refractivity (Wildman–Crippen MR) is 61.9 cm³/mol. The number of rotatable bonds is 5. The second kappa shape index (κ2) is 5.56. The van der Waals surface area contributed by atoms with Crippen LogP contribution in [0.1, 0.15) is 10.4 Å². The van der Waals surface area contributed by atoms with E-state index in [1.807, 2.05) is 0 Å². The average Bonchev–Trinajstić information content (AvgIpc) is 2.25. The quantitative estimate of drug-likeness (QED) is 0.772. The second-order valence-corrected chi connectivity index (χ2v) is 3.96. The summed E-state index contributed by atoms with van der Waals surface area (Å²) in [6, 6.07) is 4.99. The van der Waals surface area contributed by atoms with Crippen molar-refractivity contribution in [2.45, 2.75) is 0 Å². The van der Waals surface area contributed by atoms with Gasteiger partial charge in [-0.05, 0) is 18.2 Å². The molecule has 0 unspecified atom stereocenters. The SMILES string of the molecule is C=C(Br)COc1cc(C=O)ccc1OC. The lowest BCUT2D eigenvalue weighted by Crippen LogP contribution is -1.99. The number of hydrogen-bond donors (Lipinski definition) is 0. The molecular weight excluding hydrogens is 260 g/mol. The Hall–Kier alpha value is -1.29. The van der Waals surface area contributed by atoms with Crippen molar-refractivity contribution in [3.05, 3.63) is 34.8 Å². The van der Waals surface area contributed by atoms with Gasteiger partial charge in [0.25, 0.3) is 0 Å². The minimum absolute atomic E-state index is 0.332. The van der Waals surface area contributed by atoms with E-state index in [1.54, 1.807) is 25.3 Å². The molecule has 0 saturated carbocycles. The number of carbonyl (C=O) groups excluding carboxylic acids is 1. The summed E-state index contributed by atoms with van der Waals surface area (Å²) in [5.74, 6) is 1.12. The summed E-state index contributed by atoms with van der Waals surface area (Å²) in [5.41, 5.74) is 0.547. The van der Waals surface area contributed by atoms with Crippen LogP contribution < -0.4 is 9.47 Å². The molecule has 1 aromatic rings. The summed E-state index contributed by atoms with van der Waals surface area (Å²) in [4.78, 5) is 10.6. The van der Waals surface area contributed by atoms with Gasteiger partial charge in [0.05, 0.1) is 7.11 Å². The molecule has 0 N–H and O–H groups in total. The largest absolute Gasteiger partial charge is 0.493 e. The number of hydrogen-bond acceptors (Lipinski definition) is 3. The zero-order valence-corrected chi connectivity index (χ0v) is 9.91. The van der Waals surface area contributed by atoms with E-state index in [2.05, 4.69) is 22.5 Å². The fourth-order valence-corrected chi connectivity index (χ4v) is 1.15. The van der Waals surface area contributed by atoms with Gasteiger partial charge in [0.2, 0.25) is 0 Å². The molecule has 0 saturated heterocycles. The van der Waals surface area contributed by atoms with Gasteiger partial charge in [-0.25, -0.2) is 0 Å². The topological polar surface area (TPSA) is 35.5 Å². The van der Waals surface area contributed by atoms with Crippen molar-refractivity contribution < 1.29 is 14.3 Å². The van der Waals surface area contributed by atoms with E-state index in [-0.39, 0.29) is 0 Å². The highest BCUT2D eigenvalue weighted by Crippen LogP contribution is 2.28. The zero-order chi connectivity index (χ0) is 11.3. The highest BCUT2D eigenvalue weighted by molar-refractivity contribution is 9.11. The van der Waals surface area contributed by atoms with Crippen molar-refractivity contribution in [3.63, 3.8) is 0 Å². The number of benzene rings is 1. The van der Waals surface area contributed by atoms with Crippen molar-refractivity contribution in [2.24, 2.45) is 0 Å². The summed E-state index contributed by atoms with van der Waals surface area (Å²) in [5, 5.41) is 0. The third-order valence-electron chi connectivity index (χ3n) is 1.71. The van der Waals surface area contributed by atoms with E-state index in [0.717, 1.165) is 10.8 Å². The number of ether oxygens (including phenoxy) is 2. The molecule has 3 nitrogen and oxygen atoms in total. The molecule has 0 fully saturated rings. The maximum absolute atomic E-state index is 10.6. The smallest absolute Gasteiger partial charge is 0.162 e. The summed E-state index contributed by atoms with van der Waals surface area (Å²) in [7, 11) is 1.55. The Balaban J connectivity index is 2.90. The summed E-state index contributed by atoms with van der Waals surface area (Å²) in [6.45, 7) is 3.98. The van der Waals surface area contributed by atoms with Crippen molar-refractivity contribution in [2.75, 3.05) is 13.7 Å². The van der Waals surface area contributed by atoms with Crippen molar-refractivity contribution in [3.8, 4) is 11.5 Å². The van der Waals surface area contributed by atoms with E-state index < -0.39 is 0 Å². The zero-order valence-electron chi connectivity index (χ0n) is 8.33. The lowest BCUT2D eigenvalue weighted by atomic mass is 10.2. The molecule has 0 bridgehead atoms. The molecule has 0 radical (unpaired) electrons. The Morgan fingerprint density at radius 3 is 2.80 bits per heavy atom. The summed E-state index contributed by atoms with van der Waals surface area (Å²) < 4.78 is 11.2. The number of methoxy groups -OCH3 is 1. The fraction of sp³-hybridized carbons (Fsp3) is 0.182. The third kappa shape index (κ3) is 3.40. The van der Waals surface area contributed by atoms with Crippen LogP contribution in [0.3, 0.4) is 0 Å². The van der Waals surface area contributed by atoms with Crippen LogP contribution >= 0.6 is 15.9 Å². The molecule has 0 atom stereocenters. The van der Waals surface area contributed by atoms with E-state index in [9.17, 15) is 4.79 Å². The van der Waals surface area contributed by atoms with Crippen LogP contribution in [0, 0.1) is 0 Å². The summed E-state index contributed by atoms with van der Waals surface area (Å²) >= 11 is 3.18. The minimum atomic E-state index is 0.332. The molecule has 0 amide bonds. The Kier molecular flexibility index (Phi) is 4.37. The van der Waals surface area contributed by atoms with Gasteiger partial charge in [0.1, 0.15) is 12.9 Å². The Labute approximate surface area is 96.8 Å². The monoisotopic (exact) mass is 270 g/mol. The van der Waals surface area contributed by atoms with Crippen LogP contribution in [0.15, 0.2) is 29.3 Å². The van der Waals surface area contributed by atoms with Crippen molar-refractivity contribution in [1.82, 2.24) is 0 Å². The molecule has 80 valence electrons. The Bertz CT molecular complexity index is 374. The molecule has 1 aromatic carbocycles. The lowest BCUT2D eigenvalue weighted by molar-refractivity contribution is 0.112. The van der Waals surface area contributed by atoms with Crippen LogP contribution in [0.2, 0.25) is 0 Å². The molecule has 4 heteroatoms. The summed E-state index contributed by atoms with van der Waals surface area (Å²) in [6.07, 6.45) is 0.759. The maximum atomic E-state index is 10.6. The van der Waals surface area contributed by atoms with Crippen molar-refractivity contribution in [1.29, 1.82) is 0 Å². The lowest BCUT2D eigenvalue weighted by Gasteiger charge is -2.10. The first-order chi connectivity index (χ1) is 7.17. The normalized spacial score (nSPS) is 9.47. The molecular formula is C11H11BrO3. The number of halogens is 1. The maximum Gasteiger partial charge on any atom is 0.162 e. The highest BCUT2D eigenvalue weighted by atomic mass is 79.9. The van der Waals surface area contributed by atoms with Crippen LogP contribution in [0.25, 0.3) is 0 Å². The number of aldehydes is 1. The van der Waals surface area contributed by atoms with Gasteiger partial charge in [-0.2, -0.15) is 0 Å². The molecule has 0 aliphatic rings. The molecule has 1 rings (SSSR count). The van der Waals surface area contributed by atoms with Crippen molar-refractivity contribution >= 4 is 22.2 Å². The first-order valence-electron chi connectivity index (χ1n) is 4.26. The molecule has 15 heavy (non-hydrogen) atoms. The standard InChI is InChI=1S/C11H11BrO3/c1-8(12)7-15-11-5-9(6-13)3-4-10(11)14-2/h3-6H,1,7H2,2H3. The Morgan fingerprint density at radius 1 is 1.53 bits per heavy atom. The minimum Gasteiger partial charge on any atom is -0.493 e. The average molecular weight is 271 g/mol. The number of carbonyl (C=O) groups is 1. The van der Waals surface area contributed by atoms with Gasteiger partial charge < -0.3 is 9.47 Å². The Morgan fingerprint density at radius 2 is 2.27 bits per heavy atom. The van der Waals surface area contributed by atoms with E-state index >= 15 is 0 Å². The predicted octanol–water partition coefficient (Wildman–Crippen LogP) is 2.80. The molecule has 0 aliphatic carbocycles. The van der Waals surface area contributed by atoms with Crippen LogP contribution in [-0.2, 0) is 0 Å². The van der Waals surface area contributed by atoms with Crippen LogP contribution in [0.5, 0.6) is 11.5 Å². The molecule has 0 heterocycles. The van der Waals surface area contributed by atoms with Gasteiger partial charge in [-0.3, -0.25) is 4.79 Å². The van der Waals surface area contributed by atoms with Gasteiger partial charge in [-0.1, -0.05) is 22.5 Å². The van der Waals surface area contributed by atoms with Gasteiger partial charge >= 0.3 is 0 Å². The van der Waals surface area contributed by atoms with E-state index in [4.69, 9.17) is 9.47 Å². The van der Waals surface area contributed by atoms with Crippen LogP contribution in [-0.4, -0.2) is 20.0 Å². The second-order valence-electron chi connectivity index (χ2n) is 2.83. The molecule has 0 spiro atoms. The van der Waals surface area contributed by atoms with Gasteiger partial charge in [-0.15, -0.1) is 0 Å². The molecule has 0 aromatic heterocycles. The van der Waals surface area contributed by atoms with Crippen LogP contribution in [0.4, 0.5) is 0 Å². The molecule has 0 aliphatic heterocycles. The fourth-order valence-electron chi connectivity index (χ4n) is 1.04. The first-order valence-corrected chi connectivity index (χ1v) is 5.06. The highest BCUT2D eigenvalue weighted by Gasteiger charge is 2.05. The van der Waals surface area contributed by atoms with Gasteiger partial charge in [0, 0.05) is 10.0 Å². The van der Waals surface area contributed by atoms with E-state index in [0.29, 0.717) is 23.7 Å². The first kappa shape index (κ1) is 11.8. The van der Waals surface area contributed by atoms with E-state index in [1.165, 1.54) is 0 Å².